The maximum atomic E-state index is 11.6. The molecule has 2 aromatic carbocycles. The van der Waals surface area contributed by atoms with Crippen molar-refractivity contribution in [2.24, 2.45) is 0 Å². The van der Waals surface area contributed by atoms with Crippen molar-refractivity contribution in [3.8, 4) is 5.75 Å². The number of nitrogens with zero attached hydrogens (tertiary/aromatic N) is 1. The summed E-state index contributed by atoms with van der Waals surface area (Å²) >= 11 is 0. The molecule has 0 saturated carbocycles. The Labute approximate surface area is 143 Å². The highest BCUT2D eigenvalue weighted by atomic mass is 16.6. The van der Waals surface area contributed by atoms with Crippen LogP contribution in [0.5, 0.6) is 5.75 Å². The quantitative estimate of drug-likeness (QED) is 0.473. The smallest absolute Gasteiger partial charge is 0.276 e. The molecule has 8 nitrogen and oxygen atoms in total. The maximum absolute atomic E-state index is 11.6. The third kappa shape index (κ3) is 6.14. The highest BCUT2D eigenvalue weighted by Crippen LogP contribution is 2.16. The summed E-state index contributed by atoms with van der Waals surface area (Å²) in [4.78, 5) is 33.2. The first-order valence-corrected chi connectivity index (χ1v) is 7.24. The molecule has 8 heteroatoms. The van der Waals surface area contributed by atoms with Gasteiger partial charge in [-0.2, -0.15) is 0 Å². The number of ether oxygens (including phenoxy) is 1. The number of amides is 2. The number of non-ortho nitro benzene ring substituents is 1. The average molecular weight is 341 g/mol. The largest absolute Gasteiger partial charge is 0.484 e. The van der Waals surface area contributed by atoms with E-state index < -0.39 is 16.7 Å². The molecule has 0 aliphatic heterocycles. The third-order valence-corrected chi connectivity index (χ3v) is 2.97. The average Bonchev–Trinajstić information content (AvgIpc) is 2.64. The van der Waals surface area contributed by atoms with Crippen molar-refractivity contribution in [1.82, 2.24) is 10.9 Å². The van der Waals surface area contributed by atoms with Crippen molar-refractivity contribution in [3.05, 3.63) is 76.4 Å². The van der Waals surface area contributed by atoms with Crippen molar-refractivity contribution < 1.29 is 19.2 Å². The molecule has 2 rings (SSSR count). The summed E-state index contributed by atoms with van der Waals surface area (Å²) in [7, 11) is 0. The molecule has 0 saturated heterocycles. The number of rotatable bonds is 6. The number of carbonyl (C=O) groups excluding carboxylic acids is 2. The van der Waals surface area contributed by atoms with Crippen LogP contribution in [0.1, 0.15) is 5.56 Å². The van der Waals surface area contributed by atoms with Crippen LogP contribution in [-0.4, -0.2) is 23.3 Å². The lowest BCUT2D eigenvalue weighted by molar-refractivity contribution is -0.384. The van der Waals surface area contributed by atoms with E-state index in [0.29, 0.717) is 5.75 Å². The molecule has 0 bridgehead atoms. The normalized spacial score (nSPS) is 10.2. The molecular formula is C17H15N3O5. The first-order chi connectivity index (χ1) is 12.0. The fraction of sp³-hybridized carbons (Fsp3) is 0.0588. The minimum Gasteiger partial charge on any atom is -0.484 e. The van der Waals surface area contributed by atoms with Crippen LogP contribution >= 0.6 is 0 Å². The van der Waals surface area contributed by atoms with Gasteiger partial charge in [-0.15, -0.1) is 0 Å². The fourth-order valence-electron chi connectivity index (χ4n) is 1.76. The van der Waals surface area contributed by atoms with Gasteiger partial charge in [0.25, 0.3) is 17.5 Å². The number of hydrogen-bond donors (Lipinski definition) is 2. The number of carbonyl (C=O) groups is 2. The Hall–Kier alpha value is -3.68. The van der Waals surface area contributed by atoms with E-state index in [-0.39, 0.29) is 12.3 Å². The summed E-state index contributed by atoms with van der Waals surface area (Å²) in [6.45, 7) is -0.347. The maximum Gasteiger partial charge on any atom is 0.276 e. The SMILES string of the molecule is O=C(/C=C/c1ccccc1)NNC(=O)COc1ccc([N+](=O)[O-])cc1. The number of nitro benzene ring substituents is 1. The van der Waals surface area contributed by atoms with E-state index in [4.69, 9.17) is 4.74 Å². The predicted octanol–water partition coefficient (Wildman–Crippen LogP) is 1.83. The van der Waals surface area contributed by atoms with Crippen LogP contribution in [0.3, 0.4) is 0 Å². The van der Waals surface area contributed by atoms with E-state index >= 15 is 0 Å². The van der Waals surface area contributed by atoms with Gasteiger partial charge in [0.15, 0.2) is 6.61 Å². The number of hydrogen-bond acceptors (Lipinski definition) is 5. The van der Waals surface area contributed by atoms with Gasteiger partial charge in [-0.25, -0.2) is 0 Å². The molecule has 128 valence electrons. The van der Waals surface area contributed by atoms with Gasteiger partial charge in [0, 0.05) is 18.2 Å². The van der Waals surface area contributed by atoms with Crippen LogP contribution in [0.15, 0.2) is 60.7 Å². The van der Waals surface area contributed by atoms with Crippen LogP contribution in [0.2, 0.25) is 0 Å². The molecule has 0 aliphatic carbocycles. The molecular weight excluding hydrogens is 326 g/mol. The molecule has 0 aliphatic rings. The van der Waals surface area contributed by atoms with Crippen molar-refractivity contribution in [3.63, 3.8) is 0 Å². The summed E-state index contributed by atoms with van der Waals surface area (Å²) < 4.78 is 5.16. The first-order valence-electron chi connectivity index (χ1n) is 7.24. The summed E-state index contributed by atoms with van der Waals surface area (Å²) in [5.41, 5.74) is 5.19. The lowest BCUT2D eigenvalue weighted by Crippen LogP contribution is -2.43. The second-order valence-corrected chi connectivity index (χ2v) is 4.82. The van der Waals surface area contributed by atoms with E-state index in [2.05, 4.69) is 10.9 Å². The fourth-order valence-corrected chi connectivity index (χ4v) is 1.76. The molecule has 2 amide bonds. The third-order valence-electron chi connectivity index (χ3n) is 2.97. The van der Waals surface area contributed by atoms with Gasteiger partial charge in [0.05, 0.1) is 4.92 Å². The van der Waals surface area contributed by atoms with Gasteiger partial charge >= 0.3 is 0 Å². The van der Waals surface area contributed by atoms with Crippen molar-refractivity contribution >= 4 is 23.6 Å². The van der Waals surface area contributed by atoms with Gasteiger partial charge in [0.1, 0.15) is 5.75 Å². The van der Waals surface area contributed by atoms with Crippen molar-refractivity contribution in [1.29, 1.82) is 0 Å². The standard InChI is InChI=1S/C17H15N3O5/c21-16(11-6-13-4-2-1-3-5-13)18-19-17(22)12-25-15-9-7-14(8-10-15)20(23)24/h1-11H,12H2,(H,18,21)(H,19,22)/b11-6+. The Morgan fingerprint density at radius 2 is 1.72 bits per heavy atom. The molecule has 0 radical (unpaired) electrons. The molecule has 0 heterocycles. The zero-order valence-electron chi connectivity index (χ0n) is 13.0. The molecule has 0 aromatic heterocycles. The van der Waals surface area contributed by atoms with Gasteiger partial charge in [-0.3, -0.25) is 30.6 Å². The summed E-state index contributed by atoms with van der Waals surface area (Å²) in [5, 5.41) is 10.5. The second-order valence-electron chi connectivity index (χ2n) is 4.82. The lowest BCUT2D eigenvalue weighted by atomic mass is 10.2. The van der Waals surface area contributed by atoms with Gasteiger partial charge in [-0.05, 0) is 23.8 Å². The molecule has 0 atom stereocenters. The van der Waals surface area contributed by atoms with Gasteiger partial charge in [-0.1, -0.05) is 30.3 Å². The van der Waals surface area contributed by atoms with Gasteiger partial charge in [0.2, 0.25) is 0 Å². The Morgan fingerprint density at radius 1 is 1.04 bits per heavy atom. The van der Waals surface area contributed by atoms with Crippen molar-refractivity contribution in [2.45, 2.75) is 0 Å². The van der Waals surface area contributed by atoms with E-state index in [1.54, 1.807) is 6.08 Å². The van der Waals surface area contributed by atoms with Crippen LogP contribution in [0, 0.1) is 10.1 Å². The van der Waals surface area contributed by atoms with Gasteiger partial charge < -0.3 is 4.74 Å². The molecule has 0 fully saturated rings. The Balaban J connectivity index is 1.72. The molecule has 0 unspecified atom stereocenters. The molecule has 25 heavy (non-hydrogen) atoms. The van der Waals surface area contributed by atoms with E-state index in [0.717, 1.165) is 5.56 Å². The van der Waals surface area contributed by atoms with Crippen LogP contribution in [0.25, 0.3) is 6.08 Å². The Kier molecular flexibility index (Phi) is 6.24. The topological polar surface area (TPSA) is 111 Å². The minimum atomic E-state index is -0.570. The Morgan fingerprint density at radius 3 is 2.36 bits per heavy atom. The van der Waals surface area contributed by atoms with Crippen LogP contribution in [-0.2, 0) is 9.59 Å². The zero-order chi connectivity index (χ0) is 18.1. The molecule has 0 spiro atoms. The highest BCUT2D eigenvalue weighted by Gasteiger charge is 2.07. The Bertz CT molecular complexity index is 773. The first kappa shape index (κ1) is 17.7. The van der Waals surface area contributed by atoms with E-state index in [1.807, 2.05) is 30.3 Å². The minimum absolute atomic E-state index is 0.0748. The zero-order valence-corrected chi connectivity index (χ0v) is 13.0. The summed E-state index contributed by atoms with van der Waals surface area (Å²) in [6, 6.07) is 14.5. The summed E-state index contributed by atoms with van der Waals surface area (Å²) in [5.74, 6) is -0.761. The highest BCUT2D eigenvalue weighted by molar-refractivity contribution is 5.93. The van der Waals surface area contributed by atoms with E-state index in [1.165, 1.54) is 30.3 Å². The van der Waals surface area contributed by atoms with E-state index in [9.17, 15) is 19.7 Å². The van der Waals surface area contributed by atoms with Crippen LogP contribution < -0.4 is 15.6 Å². The number of benzene rings is 2. The van der Waals surface area contributed by atoms with Crippen molar-refractivity contribution in [2.75, 3.05) is 6.61 Å². The van der Waals surface area contributed by atoms with Crippen LogP contribution in [0.4, 0.5) is 5.69 Å². The number of nitro groups is 1. The number of nitrogens with one attached hydrogen (secondary N) is 2. The summed E-state index contributed by atoms with van der Waals surface area (Å²) in [6.07, 6.45) is 2.89. The molecule has 2 N–H and O–H groups in total. The monoisotopic (exact) mass is 341 g/mol. The number of hydrazine groups is 1. The lowest BCUT2D eigenvalue weighted by Gasteiger charge is -2.07. The second kappa shape index (κ2) is 8.82. The molecule has 2 aromatic rings. The predicted molar refractivity (Wildman–Crippen MR) is 90.4 cm³/mol.